The van der Waals surface area contributed by atoms with E-state index in [-0.39, 0.29) is 0 Å². The summed E-state index contributed by atoms with van der Waals surface area (Å²) in [6, 6.07) is 3.92. The first-order chi connectivity index (χ1) is 6.36. The lowest BCUT2D eigenvalue weighted by molar-refractivity contribution is 0.112. The Morgan fingerprint density at radius 1 is 1.46 bits per heavy atom. The highest BCUT2D eigenvalue weighted by Crippen LogP contribution is 2.27. The fraction of sp³-hybridized carbons (Fsp3) is 0.500. The Balaban J connectivity index is 2.24. The number of hydrogen-bond donors (Lipinski definition) is 0. The van der Waals surface area contributed by atoms with Crippen LogP contribution in [0.15, 0.2) is 16.3 Å². The normalized spacial score (nSPS) is 10.2. The molecule has 0 atom stereocenters. The third kappa shape index (κ3) is 3.96. The fourth-order valence-corrected chi connectivity index (χ4v) is 3.04. The number of unbranched alkanes of at least 4 members (excludes halogenated alkanes) is 2. The second-order valence-electron chi connectivity index (χ2n) is 2.83. The van der Waals surface area contributed by atoms with Gasteiger partial charge in [0.1, 0.15) is 0 Å². The van der Waals surface area contributed by atoms with Gasteiger partial charge in [0.2, 0.25) is 0 Å². The first-order valence-corrected chi connectivity index (χ1v) is 6.35. The minimum Gasteiger partial charge on any atom is -0.297 e. The van der Waals surface area contributed by atoms with Gasteiger partial charge in [0.15, 0.2) is 6.29 Å². The third-order valence-corrected chi connectivity index (χ3v) is 4.03. The van der Waals surface area contributed by atoms with Crippen molar-refractivity contribution in [2.45, 2.75) is 30.4 Å². The highest BCUT2D eigenvalue weighted by molar-refractivity contribution is 8.01. The molecular formula is C10H14OS2. The molecule has 0 aromatic carbocycles. The maximum atomic E-state index is 10.4. The van der Waals surface area contributed by atoms with E-state index in [9.17, 15) is 4.79 Å². The predicted molar refractivity (Wildman–Crippen MR) is 60.0 cm³/mol. The first kappa shape index (κ1) is 10.8. The molecule has 0 aliphatic rings. The maximum Gasteiger partial charge on any atom is 0.160 e. The molecular weight excluding hydrogens is 200 g/mol. The topological polar surface area (TPSA) is 17.1 Å². The fourth-order valence-electron chi connectivity index (χ4n) is 1.00. The van der Waals surface area contributed by atoms with Gasteiger partial charge < -0.3 is 0 Å². The number of thiophene rings is 1. The summed E-state index contributed by atoms with van der Waals surface area (Å²) in [5.74, 6) is 1.17. The number of thioether (sulfide) groups is 1. The molecule has 0 unspecified atom stereocenters. The molecule has 3 heteroatoms. The molecule has 0 fully saturated rings. The largest absolute Gasteiger partial charge is 0.297 e. The van der Waals surface area contributed by atoms with E-state index in [0.29, 0.717) is 0 Å². The molecule has 13 heavy (non-hydrogen) atoms. The molecule has 0 aliphatic carbocycles. The number of aldehydes is 1. The average Bonchev–Trinajstić information content (AvgIpc) is 2.60. The molecule has 0 saturated carbocycles. The molecule has 1 rings (SSSR count). The SMILES string of the molecule is CCCCCSc1ccc(C=O)s1. The van der Waals surface area contributed by atoms with Crippen molar-refractivity contribution in [1.29, 1.82) is 0 Å². The summed E-state index contributed by atoms with van der Waals surface area (Å²) < 4.78 is 1.26. The molecule has 0 amide bonds. The Morgan fingerprint density at radius 3 is 2.92 bits per heavy atom. The Hall–Kier alpha value is -0.280. The van der Waals surface area contributed by atoms with Crippen LogP contribution in [0, 0.1) is 0 Å². The quantitative estimate of drug-likeness (QED) is 0.406. The zero-order valence-corrected chi connectivity index (χ0v) is 9.42. The number of carbonyl (C=O) groups excluding carboxylic acids is 1. The van der Waals surface area contributed by atoms with Crippen molar-refractivity contribution in [1.82, 2.24) is 0 Å². The van der Waals surface area contributed by atoms with Gasteiger partial charge in [-0.2, -0.15) is 0 Å². The minimum atomic E-state index is 0.831. The highest BCUT2D eigenvalue weighted by Gasteiger charge is 1.98. The van der Waals surface area contributed by atoms with Gasteiger partial charge in [0, 0.05) is 0 Å². The van der Waals surface area contributed by atoms with Crippen LogP contribution in [0.3, 0.4) is 0 Å². The van der Waals surface area contributed by atoms with E-state index in [1.165, 1.54) is 29.2 Å². The Kier molecular flexibility index (Phi) is 5.16. The van der Waals surface area contributed by atoms with Crippen molar-refractivity contribution in [3.05, 3.63) is 17.0 Å². The summed E-state index contributed by atoms with van der Waals surface area (Å²) in [5.41, 5.74) is 0. The van der Waals surface area contributed by atoms with Gasteiger partial charge in [-0.1, -0.05) is 19.8 Å². The van der Waals surface area contributed by atoms with Crippen LogP contribution >= 0.6 is 23.1 Å². The lowest BCUT2D eigenvalue weighted by Gasteiger charge is -1.95. The Labute approximate surface area is 87.5 Å². The zero-order valence-electron chi connectivity index (χ0n) is 7.79. The van der Waals surface area contributed by atoms with Crippen molar-refractivity contribution in [3.8, 4) is 0 Å². The van der Waals surface area contributed by atoms with Crippen LogP contribution in [0.4, 0.5) is 0 Å². The third-order valence-electron chi connectivity index (χ3n) is 1.71. The molecule has 0 saturated heterocycles. The van der Waals surface area contributed by atoms with E-state index in [0.717, 1.165) is 11.2 Å². The van der Waals surface area contributed by atoms with Crippen LogP contribution in [0.25, 0.3) is 0 Å². The molecule has 1 nitrogen and oxygen atoms in total. The van der Waals surface area contributed by atoms with Gasteiger partial charge in [-0.25, -0.2) is 0 Å². The van der Waals surface area contributed by atoms with E-state index in [1.54, 1.807) is 11.3 Å². The van der Waals surface area contributed by atoms with Crippen molar-refractivity contribution in [2.75, 3.05) is 5.75 Å². The van der Waals surface area contributed by atoms with Crippen molar-refractivity contribution < 1.29 is 4.79 Å². The number of rotatable bonds is 6. The average molecular weight is 214 g/mol. The van der Waals surface area contributed by atoms with E-state index >= 15 is 0 Å². The van der Waals surface area contributed by atoms with Crippen molar-refractivity contribution >= 4 is 29.4 Å². The standard InChI is InChI=1S/C10H14OS2/c1-2-3-4-7-12-10-6-5-9(8-11)13-10/h5-6,8H,2-4,7H2,1H3. The van der Waals surface area contributed by atoms with Crippen LogP contribution in [0.2, 0.25) is 0 Å². The van der Waals surface area contributed by atoms with E-state index in [1.807, 2.05) is 23.9 Å². The second-order valence-corrected chi connectivity index (χ2v) is 5.34. The van der Waals surface area contributed by atoms with Crippen LogP contribution in [0.1, 0.15) is 35.9 Å². The van der Waals surface area contributed by atoms with E-state index in [2.05, 4.69) is 6.92 Å². The second kappa shape index (κ2) is 6.22. The number of hydrogen-bond acceptors (Lipinski definition) is 3. The molecule has 1 heterocycles. The van der Waals surface area contributed by atoms with Crippen LogP contribution in [-0.2, 0) is 0 Å². The zero-order chi connectivity index (χ0) is 9.52. The van der Waals surface area contributed by atoms with E-state index in [4.69, 9.17) is 0 Å². The summed E-state index contributed by atoms with van der Waals surface area (Å²) >= 11 is 3.44. The molecule has 1 aromatic rings. The molecule has 0 bridgehead atoms. The van der Waals surface area contributed by atoms with Gasteiger partial charge in [-0.15, -0.1) is 23.1 Å². The monoisotopic (exact) mass is 214 g/mol. The Bertz CT molecular complexity index is 255. The van der Waals surface area contributed by atoms with E-state index < -0.39 is 0 Å². The summed E-state index contributed by atoms with van der Waals surface area (Å²) in [7, 11) is 0. The molecule has 72 valence electrons. The summed E-state index contributed by atoms with van der Waals surface area (Å²) in [6.07, 6.45) is 4.76. The smallest absolute Gasteiger partial charge is 0.160 e. The minimum absolute atomic E-state index is 0.831. The first-order valence-electron chi connectivity index (χ1n) is 4.54. The lowest BCUT2D eigenvalue weighted by Crippen LogP contribution is -1.76. The number of carbonyl (C=O) groups is 1. The van der Waals surface area contributed by atoms with Crippen LogP contribution in [-0.4, -0.2) is 12.0 Å². The van der Waals surface area contributed by atoms with Gasteiger partial charge in [-0.05, 0) is 24.3 Å². The summed E-state index contributed by atoms with van der Waals surface area (Å²) in [5, 5.41) is 0. The van der Waals surface area contributed by atoms with Gasteiger partial charge in [0.25, 0.3) is 0 Å². The Morgan fingerprint density at radius 2 is 2.31 bits per heavy atom. The molecule has 0 aliphatic heterocycles. The van der Waals surface area contributed by atoms with Gasteiger partial charge in [-0.3, -0.25) is 4.79 Å². The van der Waals surface area contributed by atoms with Crippen molar-refractivity contribution in [3.63, 3.8) is 0 Å². The maximum absolute atomic E-state index is 10.4. The predicted octanol–water partition coefficient (Wildman–Crippen LogP) is 3.84. The highest BCUT2D eigenvalue weighted by atomic mass is 32.2. The molecule has 0 spiro atoms. The molecule has 0 radical (unpaired) electrons. The lowest BCUT2D eigenvalue weighted by atomic mass is 10.3. The van der Waals surface area contributed by atoms with Crippen LogP contribution in [0.5, 0.6) is 0 Å². The van der Waals surface area contributed by atoms with Gasteiger partial charge >= 0.3 is 0 Å². The van der Waals surface area contributed by atoms with Crippen LogP contribution < -0.4 is 0 Å². The molecule has 1 aromatic heterocycles. The summed E-state index contributed by atoms with van der Waals surface area (Å²) in [4.78, 5) is 11.2. The van der Waals surface area contributed by atoms with Crippen molar-refractivity contribution in [2.24, 2.45) is 0 Å². The summed E-state index contributed by atoms with van der Waals surface area (Å²) in [6.45, 7) is 2.21. The molecule has 0 N–H and O–H groups in total. The van der Waals surface area contributed by atoms with Gasteiger partial charge in [0.05, 0.1) is 9.09 Å².